The van der Waals surface area contributed by atoms with E-state index >= 15 is 0 Å². The molecule has 11 aromatic carbocycles. The lowest BCUT2D eigenvalue weighted by Crippen LogP contribution is -1.97. The van der Waals surface area contributed by atoms with Crippen LogP contribution in [0, 0.1) is 0 Å². The average molecular weight is 843 g/mol. The normalized spacial score (nSPS) is 11.7. The van der Waals surface area contributed by atoms with Gasteiger partial charge in [0.2, 0.25) is 0 Å². The molecule has 0 bridgehead atoms. The van der Waals surface area contributed by atoms with Crippen molar-refractivity contribution in [3.8, 4) is 67.3 Å². The fraction of sp³-hybridized carbons (Fsp3) is 0. The van der Waals surface area contributed by atoms with Gasteiger partial charge >= 0.3 is 0 Å². The molecule has 0 aliphatic rings. The van der Waals surface area contributed by atoms with Gasteiger partial charge in [-0.15, -0.1) is 11.3 Å². The van der Waals surface area contributed by atoms with Crippen LogP contribution in [0.1, 0.15) is 0 Å². The molecule has 0 radical (unpaired) electrons. The molecular weight excluding hydrogens is 805 g/mol. The van der Waals surface area contributed by atoms with Crippen LogP contribution in [0.15, 0.2) is 231 Å². The predicted octanol–water partition coefficient (Wildman–Crippen LogP) is 17.5. The van der Waals surface area contributed by atoms with E-state index in [1.165, 1.54) is 91.3 Å². The molecule has 13 aromatic rings. The van der Waals surface area contributed by atoms with Crippen LogP contribution >= 0.6 is 11.3 Å². The standard InChI is InChI=1S/C62H38N2S/c1-3-17-41(18-4-1)59-50-25-12-11-24-49(50)58(53-35-34-39-16-7-8-21-45(39)61(53)59)42-32-30-40(31-33-42)44-36-37-48(47-23-10-9-22-46(44)47)54-38-55(64-62(63-54)43-19-5-2-6-20-43)51-27-15-29-57-60(51)52-26-13-14-28-56(52)65-57/h1-38H. The monoisotopic (exact) mass is 842 g/mol. The summed E-state index contributed by atoms with van der Waals surface area (Å²) in [6, 6.07) is 83.5. The Balaban J connectivity index is 0.969. The van der Waals surface area contributed by atoms with E-state index in [1.54, 1.807) is 0 Å². The molecule has 65 heavy (non-hydrogen) atoms. The molecule has 302 valence electrons. The summed E-state index contributed by atoms with van der Waals surface area (Å²) in [4.78, 5) is 10.6. The van der Waals surface area contributed by atoms with Crippen LogP contribution in [-0.2, 0) is 0 Å². The van der Waals surface area contributed by atoms with Crippen molar-refractivity contribution < 1.29 is 0 Å². The molecule has 0 unspecified atom stereocenters. The highest BCUT2D eigenvalue weighted by molar-refractivity contribution is 7.25. The molecule has 2 heterocycles. The summed E-state index contributed by atoms with van der Waals surface area (Å²) in [6.45, 7) is 0. The van der Waals surface area contributed by atoms with E-state index in [0.29, 0.717) is 5.82 Å². The van der Waals surface area contributed by atoms with E-state index in [4.69, 9.17) is 9.97 Å². The molecule has 2 aromatic heterocycles. The molecule has 3 heteroatoms. The molecule has 0 saturated carbocycles. The molecular formula is C62H38N2S. The molecule has 0 saturated heterocycles. The Morgan fingerprint density at radius 3 is 1.57 bits per heavy atom. The van der Waals surface area contributed by atoms with Crippen molar-refractivity contribution in [3.63, 3.8) is 0 Å². The number of fused-ring (bicyclic) bond motifs is 8. The summed E-state index contributed by atoms with van der Waals surface area (Å²) in [5, 5.41) is 12.4. The summed E-state index contributed by atoms with van der Waals surface area (Å²) in [7, 11) is 0. The van der Waals surface area contributed by atoms with Crippen molar-refractivity contribution in [2.45, 2.75) is 0 Å². The van der Waals surface area contributed by atoms with Gasteiger partial charge in [-0.25, -0.2) is 9.97 Å². The van der Waals surface area contributed by atoms with Gasteiger partial charge in [0.1, 0.15) is 0 Å². The zero-order valence-electron chi connectivity index (χ0n) is 35.2. The fourth-order valence-corrected chi connectivity index (χ4v) is 11.3. The van der Waals surface area contributed by atoms with Crippen LogP contribution in [0.3, 0.4) is 0 Å². The minimum atomic E-state index is 0.711. The van der Waals surface area contributed by atoms with E-state index < -0.39 is 0 Å². The van der Waals surface area contributed by atoms with Crippen LogP contribution in [0.2, 0.25) is 0 Å². The molecule has 0 amide bonds. The highest BCUT2D eigenvalue weighted by Crippen LogP contribution is 2.47. The van der Waals surface area contributed by atoms with Crippen LogP contribution in [0.5, 0.6) is 0 Å². The molecule has 0 spiro atoms. The Labute approximate surface area is 380 Å². The second-order valence-electron chi connectivity index (χ2n) is 16.8. The number of nitrogens with zero attached hydrogens (tertiary/aromatic N) is 2. The first-order valence-corrected chi connectivity index (χ1v) is 23.0. The first-order chi connectivity index (χ1) is 32.2. The summed E-state index contributed by atoms with van der Waals surface area (Å²) in [6.07, 6.45) is 0. The molecule has 0 aliphatic heterocycles. The molecule has 0 aliphatic carbocycles. The molecule has 0 fully saturated rings. The van der Waals surface area contributed by atoms with E-state index in [1.807, 2.05) is 17.4 Å². The highest BCUT2D eigenvalue weighted by atomic mass is 32.1. The summed E-state index contributed by atoms with van der Waals surface area (Å²) in [5.41, 5.74) is 12.3. The van der Waals surface area contributed by atoms with Gasteiger partial charge in [0.15, 0.2) is 5.82 Å². The Morgan fingerprint density at radius 2 is 0.815 bits per heavy atom. The third-order valence-corrected chi connectivity index (χ3v) is 14.2. The van der Waals surface area contributed by atoms with Crippen molar-refractivity contribution in [2.24, 2.45) is 0 Å². The molecule has 2 nitrogen and oxygen atoms in total. The Bertz CT molecular complexity index is 3980. The van der Waals surface area contributed by atoms with E-state index in [-0.39, 0.29) is 0 Å². The number of hydrogen-bond acceptors (Lipinski definition) is 3. The fourth-order valence-electron chi connectivity index (χ4n) is 10.2. The van der Waals surface area contributed by atoms with Gasteiger partial charge in [-0.05, 0) is 94.7 Å². The maximum Gasteiger partial charge on any atom is 0.160 e. The smallest absolute Gasteiger partial charge is 0.160 e. The van der Waals surface area contributed by atoms with Crippen molar-refractivity contribution in [2.75, 3.05) is 0 Å². The highest BCUT2D eigenvalue weighted by Gasteiger charge is 2.20. The zero-order chi connectivity index (χ0) is 42.8. The van der Waals surface area contributed by atoms with Crippen LogP contribution < -0.4 is 0 Å². The topological polar surface area (TPSA) is 25.8 Å². The van der Waals surface area contributed by atoms with E-state index in [9.17, 15) is 0 Å². The third-order valence-electron chi connectivity index (χ3n) is 13.1. The second-order valence-corrected chi connectivity index (χ2v) is 17.8. The lowest BCUT2D eigenvalue weighted by molar-refractivity contribution is 1.19. The molecule has 0 N–H and O–H groups in total. The summed E-state index contributed by atoms with van der Waals surface area (Å²) < 4.78 is 2.53. The van der Waals surface area contributed by atoms with Crippen LogP contribution in [-0.4, -0.2) is 9.97 Å². The van der Waals surface area contributed by atoms with Gasteiger partial charge in [-0.3, -0.25) is 0 Å². The first-order valence-electron chi connectivity index (χ1n) is 22.1. The van der Waals surface area contributed by atoms with Gasteiger partial charge in [0.25, 0.3) is 0 Å². The number of aromatic nitrogens is 2. The third kappa shape index (κ3) is 6.16. The number of benzene rings is 11. The summed E-state index contributed by atoms with van der Waals surface area (Å²) in [5.74, 6) is 0.711. The van der Waals surface area contributed by atoms with Crippen molar-refractivity contribution in [1.82, 2.24) is 9.97 Å². The maximum atomic E-state index is 5.31. The lowest BCUT2D eigenvalue weighted by atomic mass is 9.83. The minimum Gasteiger partial charge on any atom is -0.228 e. The largest absolute Gasteiger partial charge is 0.228 e. The second kappa shape index (κ2) is 15.2. The lowest BCUT2D eigenvalue weighted by Gasteiger charge is -2.19. The quantitative estimate of drug-likeness (QED) is 0.123. The van der Waals surface area contributed by atoms with Crippen molar-refractivity contribution >= 4 is 74.6 Å². The molecule has 0 atom stereocenters. The molecule has 13 rings (SSSR count). The Kier molecular flexibility index (Phi) is 8.75. The van der Waals surface area contributed by atoms with Gasteiger partial charge in [0.05, 0.1) is 11.4 Å². The summed E-state index contributed by atoms with van der Waals surface area (Å²) >= 11 is 1.83. The van der Waals surface area contributed by atoms with Gasteiger partial charge < -0.3 is 0 Å². The first kappa shape index (κ1) is 37.3. The van der Waals surface area contributed by atoms with Gasteiger partial charge in [0, 0.05) is 36.9 Å². The maximum absolute atomic E-state index is 5.31. The van der Waals surface area contributed by atoms with Crippen LogP contribution in [0.4, 0.5) is 0 Å². The number of hydrogen-bond donors (Lipinski definition) is 0. The SMILES string of the molecule is c1ccc(-c2nc(-c3ccc(-c4ccc(-c5c6ccccc6c(-c6ccccc6)c6c5ccc5ccccc56)cc4)c4ccccc34)cc(-c3cccc4sc5ccccc5c34)n2)cc1. The van der Waals surface area contributed by atoms with Gasteiger partial charge in [-0.2, -0.15) is 0 Å². The van der Waals surface area contributed by atoms with Crippen LogP contribution in [0.25, 0.3) is 131 Å². The van der Waals surface area contributed by atoms with E-state index in [2.05, 4.69) is 224 Å². The minimum absolute atomic E-state index is 0.711. The van der Waals surface area contributed by atoms with E-state index in [0.717, 1.165) is 33.5 Å². The van der Waals surface area contributed by atoms with Crippen molar-refractivity contribution in [3.05, 3.63) is 231 Å². The Morgan fingerprint density at radius 1 is 0.277 bits per heavy atom. The van der Waals surface area contributed by atoms with Crippen molar-refractivity contribution in [1.29, 1.82) is 0 Å². The average Bonchev–Trinajstić information content (AvgIpc) is 3.77. The number of thiophene rings is 1. The Hall–Kier alpha value is -8.24. The van der Waals surface area contributed by atoms with Gasteiger partial charge in [-0.1, -0.05) is 212 Å². The number of rotatable bonds is 6. The predicted molar refractivity (Wildman–Crippen MR) is 278 cm³/mol. The zero-order valence-corrected chi connectivity index (χ0v) is 36.1.